The molecule has 0 atom stereocenters. The van der Waals surface area contributed by atoms with Crippen LogP contribution in [0, 0.1) is 6.92 Å². The van der Waals surface area contributed by atoms with E-state index in [-0.39, 0.29) is 12.3 Å². The summed E-state index contributed by atoms with van der Waals surface area (Å²) in [5.41, 5.74) is 5.75. The molecule has 0 spiro atoms. The van der Waals surface area contributed by atoms with Gasteiger partial charge in [-0.1, -0.05) is 0 Å². The van der Waals surface area contributed by atoms with Gasteiger partial charge in [-0.15, -0.1) is 5.10 Å². The van der Waals surface area contributed by atoms with E-state index in [1.807, 2.05) is 26.8 Å². The Kier molecular flexibility index (Phi) is 3.24. The maximum absolute atomic E-state index is 10.8. The Bertz CT molecular complexity index is 362. The zero-order valence-electron chi connectivity index (χ0n) is 9.24. The van der Waals surface area contributed by atoms with Crippen molar-refractivity contribution in [3.63, 3.8) is 0 Å². The molecule has 1 rings (SSSR count). The van der Waals surface area contributed by atoms with Crippen molar-refractivity contribution in [1.29, 1.82) is 0 Å². The van der Waals surface area contributed by atoms with E-state index < -0.39 is 5.54 Å². The molecule has 82 valence electrons. The lowest BCUT2D eigenvalue weighted by Crippen LogP contribution is -2.36. The number of nitrogens with one attached hydrogen (secondary N) is 1. The number of primary amides is 1. The first-order chi connectivity index (χ1) is 6.89. The number of aryl methyl sites for hydroxylation is 1. The molecule has 5 nitrogen and oxygen atoms in total. The summed E-state index contributed by atoms with van der Waals surface area (Å²) < 4.78 is 0. The van der Waals surface area contributed by atoms with Gasteiger partial charge in [0.2, 0.25) is 5.91 Å². The summed E-state index contributed by atoms with van der Waals surface area (Å²) in [6, 6.07) is 1.87. The normalized spacial score (nSPS) is 11.1. The van der Waals surface area contributed by atoms with E-state index in [9.17, 15) is 4.79 Å². The third-order valence-electron chi connectivity index (χ3n) is 1.87. The standard InChI is InChI=1S/C10H16N4O/c1-7-4-9(14-12-6-7)13-10(2,3)5-8(11)15/h4,6H,5H2,1-3H3,(H2,11,15)(H,13,14). The maximum Gasteiger partial charge on any atom is 0.219 e. The Hall–Kier alpha value is -1.65. The lowest BCUT2D eigenvalue weighted by atomic mass is 10.0. The lowest BCUT2D eigenvalue weighted by Gasteiger charge is -2.25. The Labute approximate surface area is 89.1 Å². The fourth-order valence-corrected chi connectivity index (χ4v) is 1.35. The van der Waals surface area contributed by atoms with Crippen molar-refractivity contribution in [2.45, 2.75) is 32.7 Å². The molecule has 1 aromatic rings. The molecule has 0 unspecified atom stereocenters. The van der Waals surface area contributed by atoms with Crippen molar-refractivity contribution in [3.8, 4) is 0 Å². The molecule has 0 aliphatic carbocycles. The summed E-state index contributed by atoms with van der Waals surface area (Å²) in [6.07, 6.45) is 1.93. The van der Waals surface area contributed by atoms with Crippen LogP contribution in [0.2, 0.25) is 0 Å². The molecule has 0 radical (unpaired) electrons. The van der Waals surface area contributed by atoms with Crippen LogP contribution >= 0.6 is 0 Å². The van der Waals surface area contributed by atoms with Crippen LogP contribution in [-0.4, -0.2) is 21.6 Å². The van der Waals surface area contributed by atoms with Gasteiger partial charge in [-0.3, -0.25) is 4.79 Å². The van der Waals surface area contributed by atoms with Gasteiger partial charge in [0.25, 0.3) is 0 Å². The SMILES string of the molecule is Cc1cnnc(NC(C)(C)CC(N)=O)c1. The molecule has 0 saturated heterocycles. The maximum atomic E-state index is 10.8. The van der Waals surface area contributed by atoms with Crippen LogP contribution in [0.1, 0.15) is 25.8 Å². The minimum absolute atomic E-state index is 0.253. The Morgan fingerprint density at radius 2 is 2.27 bits per heavy atom. The second-order valence-electron chi connectivity index (χ2n) is 4.27. The van der Waals surface area contributed by atoms with Crippen molar-refractivity contribution < 1.29 is 4.79 Å². The first-order valence-corrected chi connectivity index (χ1v) is 4.75. The highest BCUT2D eigenvalue weighted by molar-refractivity contribution is 5.75. The van der Waals surface area contributed by atoms with Gasteiger partial charge in [-0.25, -0.2) is 0 Å². The third kappa shape index (κ3) is 3.93. The number of carbonyl (C=O) groups is 1. The topological polar surface area (TPSA) is 80.9 Å². The van der Waals surface area contributed by atoms with Crippen LogP contribution < -0.4 is 11.1 Å². The van der Waals surface area contributed by atoms with Gasteiger partial charge in [0, 0.05) is 12.0 Å². The van der Waals surface area contributed by atoms with Gasteiger partial charge in [-0.05, 0) is 32.4 Å². The smallest absolute Gasteiger partial charge is 0.219 e. The van der Waals surface area contributed by atoms with Crippen molar-refractivity contribution in [1.82, 2.24) is 10.2 Å². The predicted octanol–water partition coefficient (Wildman–Crippen LogP) is 0.851. The molecule has 0 aromatic carbocycles. The van der Waals surface area contributed by atoms with E-state index >= 15 is 0 Å². The van der Waals surface area contributed by atoms with Gasteiger partial charge in [0.05, 0.1) is 6.20 Å². The van der Waals surface area contributed by atoms with Gasteiger partial charge in [-0.2, -0.15) is 5.10 Å². The van der Waals surface area contributed by atoms with Crippen molar-refractivity contribution in [2.75, 3.05) is 5.32 Å². The Balaban J connectivity index is 2.72. The third-order valence-corrected chi connectivity index (χ3v) is 1.87. The molecule has 1 aromatic heterocycles. The van der Waals surface area contributed by atoms with E-state index in [4.69, 9.17) is 5.73 Å². The molecule has 15 heavy (non-hydrogen) atoms. The first kappa shape index (κ1) is 11.4. The molecular formula is C10H16N4O. The van der Waals surface area contributed by atoms with Crippen LogP contribution in [0.5, 0.6) is 0 Å². The predicted molar refractivity (Wildman–Crippen MR) is 58.3 cm³/mol. The van der Waals surface area contributed by atoms with Crippen LogP contribution in [0.25, 0.3) is 0 Å². The van der Waals surface area contributed by atoms with Crippen LogP contribution in [0.4, 0.5) is 5.82 Å². The van der Waals surface area contributed by atoms with Crippen LogP contribution in [0.3, 0.4) is 0 Å². The minimum Gasteiger partial charge on any atom is -0.370 e. The van der Waals surface area contributed by atoms with Gasteiger partial charge >= 0.3 is 0 Å². The van der Waals surface area contributed by atoms with E-state index in [1.165, 1.54) is 0 Å². The summed E-state index contributed by atoms with van der Waals surface area (Å²) >= 11 is 0. The van der Waals surface area contributed by atoms with Crippen LogP contribution in [0.15, 0.2) is 12.3 Å². The molecule has 5 heteroatoms. The fraction of sp³-hybridized carbons (Fsp3) is 0.500. The van der Waals surface area contributed by atoms with Gasteiger partial charge < -0.3 is 11.1 Å². The molecule has 0 aliphatic heterocycles. The summed E-state index contributed by atoms with van der Waals surface area (Å²) in [5, 5.41) is 10.9. The highest BCUT2D eigenvalue weighted by Gasteiger charge is 2.20. The lowest BCUT2D eigenvalue weighted by molar-refractivity contribution is -0.118. The van der Waals surface area contributed by atoms with Crippen molar-refractivity contribution in [2.24, 2.45) is 5.73 Å². The zero-order chi connectivity index (χ0) is 11.5. The fourth-order valence-electron chi connectivity index (χ4n) is 1.35. The van der Waals surface area contributed by atoms with Crippen molar-refractivity contribution >= 4 is 11.7 Å². The summed E-state index contributed by atoms with van der Waals surface area (Å²) in [5.74, 6) is 0.314. The molecule has 3 N–H and O–H groups in total. The van der Waals surface area contributed by atoms with E-state index in [1.54, 1.807) is 6.20 Å². The average Bonchev–Trinajstić information content (AvgIpc) is 1.99. The van der Waals surface area contributed by atoms with Gasteiger partial charge in [0.1, 0.15) is 5.82 Å². The Morgan fingerprint density at radius 3 is 2.80 bits per heavy atom. The molecule has 1 heterocycles. The Morgan fingerprint density at radius 1 is 1.60 bits per heavy atom. The molecule has 0 aliphatic rings. The second-order valence-corrected chi connectivity index (χ2v) is 4.27. The second kappa shape index (κ2) is 4.25. The number of carbonyl (C=O) groups excluding carboxylic acids is 1. The number of rotatable bonds is 4. The highest BCUT2D eigenvalue weighted by Crippen LogP contribution is 2.15. The molecule has 0 saturated carbocycles. The summed E-state index contributed by atoms with van der Waals surface area (Å²) in [7, 11) is 0. The quantitative estimate of drug-likeness (QED) is 0.768. The van der Waals surface area contributed by atoms with Crippen molar-refractivity contribution in [3.05, 3.63) is 17.8 Å². The first-order valence-electron chi connectivity index (χ1n) is 4.75. The van der Waals surface area contributed by atoms with Crippen LogP contribution in [-0.2, 0) is 4.79 Å². The molecular weight excluding hydrogens is 192 g/mol. The van der Waals surface area contributed by atoms with E-state index in [0.717, 1.165) is 5.56 Å². The molecule has 0 bridgehead atoms. The number of nitrogens with zero attached hydrogens (tertiary/aromatic N) is 2. The molecule has 0 fully saturated rings. The number of nitrogens with two attached hydrogens (primary N) is 1. The monoisotopic (exact) mass is 208 g/mol. The number of anilines is 1. The minimum atomic E-state index is -0.408. The van der Waals surface area contributed by atoms with E-state index in [0.29, 0.717) is 5.82 Å². The molecule has 1 amide bonds. The number of aromatic nitrogens is 2. The van der Waals surface area contributed by atoms with E-state index in [2.05, 4.69) is 15.5 Å². The summed E-state index contributed by atoms with van der Waals surface area (Å²) in [4.78, 5) is 10.8. The van der Waals surface area contributed by atoms with Gasteiger partial charge in [0.15, 0.2) is 0 Å². The zero-order valence-corrected chi connectivity index (χ0v) is 9.24. The highest BCUT2D eigenvalue weighted by atomic mass is 16.1. The summed E-state index contributed by atoms with van der Waals surface area (Å²) in [6.45, 7) is 5.71. The average molecular weight is 208 g/mol. The number of hydrogen-bond donors (Lipinski definition) is 2. The number of hydrogen-bond acceptors (Lipinski definition) is 4. The number of amides is 1. The largest absolute Gasteiger partial charge is 0.370 e.